The van der Waals surface area contributed by atoms with Gasteiger partial charge in [-0.3, -0.25) is 4.79 Å². The SMILES string of the molecule is CN1C(=O)C(NC(=O)n2cc(Cc3cccc(F)n3)cn2)COc2ccc(C#CC(C)(C)C)cc21. The van der Waals surface area contributed by atoms with Crippen LogP contribution in [0.15, 0.2) is 48.8 Å². The van der Waals surface area contributed by atoms with Gasteiger partial charge in [-0.2, -0.15) is 14.2 Å². The van der Waals surface area contributed by atoms with E-state index < -0.39 is 18.0 Å². The average molecular weight is 476 g/mol. The Kier molecular flexibility index (Phi) is 6.56. The molecule has 0 aliphatic carbocycles. The Hall–Kier alpha value is -4.19. The number of anilines is 1. The number of carbonyl (C=O) groups is 2. The molecule has 0 radical (unpaired) electrons. The molecule has 1 aliphatic heterocycles. The minimum Gasteiger partial charge on any atom is -0.489 e. The molecule has 1 atom stereocenters. The highest BCUT2D eigenvalue weighted by atomic mass is 19.1. The van der Waals surface area contributed by atoms with Gasteiger partial charge in [0.25, 0.3) is 5.91 Å². The Morgan fingerprint density at radius 3 is 2.83 bits per heavy atom. The molecule has 2 aromatic heterocycles. The topological polar surface area (TPSA) is 89.4 Å². The summed E-state index contributed by atoms with van der Waals surface area (Å²) in [6.45, 7) is 6.04. The zero-order valence-electron chi connectivity index (χ0n) is 20.0. The van der Waals surface area contributed by atoms with E-state index in [0.717, 1.165) is 10.2 Å². The van der Waals surface area contributed by atoms with Crippen LogP contribution in [0.2, 0.25) is 0 Å². The Morgan fingerprint density at radius 2 is 2.09 bits per heavy atom. The van der Waals surface area contributed by atoms with Gasteiger partial charge in [0.05, 0.1) is 11.9 Å². The normalized spacial score (nSPS) is 15.4. The molecule has 1 unspecified atom stereocenters. The number of hydrogen-bond donors (Lipinski definition) is 1. The molecule has 1 aromatic carbocycles. The first kappa shape index (κ1) is 24.0. The minimum atomic E-state index is -0.915. The van der Waals surface area contributed by atoms with Gasteiger partial charge in [0.15, 0.2) is 0 Å². The van der Waals surface area contributed by atoms with Crippen molar-refractivity contribution in [2.24, 2.45) is 5.41 Å². The number of pyridine rings is 1. The number of benzene rings is 1. The van der Waals surface area contributed by atoms with E-state index in [-0.39, 0.29) is 17.9 Å². The molecule has 9 heteroatoms. The Bertz CT molecular complexity index is 1330. The third-order valence-corrected chi connectivity index (χ3v) is 5.24. The summed E-state index contributed by atoms with van der Waals surface area (Å²) in [6.07, 6.45) is 3.33. The molecule has 180 valence electrons. The van der Waals surface area contributed by atoms with Crippen molar-refractivity contribution in [1.29, 1.82) is 0 Å². The standard InChI is InChI=1S/C26H26FN5O3/c1-26(2,3)11-10-17-8-9-22-21(13-17)31(4)24(33)20(16-35-22)30-25(34)32-15-18(14-28-32)12-19-6-5-7-23(27)29-19/h5-9,13-15,20H,12,16H2,1-4H3,(H,30,34). The van der Waals surface area contributed by atoms with Crippen LogP contribution >= 0.6 is 0 Å². The smallest absolute Gasteiger partial charge is 0.342 e. The number of nitrogens with zero attached hydrogens (tertiary/aromatic N) is 4. The number of nitrogens with one attached hydrogen (secondary N) is 1. The molecule has 8 nitrogen and oxygen atoms in total. The number of amides is 2. The maximum Gasteiger partial charge on any atom is 0.342 e. The lowest BCUT2D eigenvalue weighted by atomic mass is 9.97. The minimum absolute atomic E-state index is 0.0315. The van der Waals surface area contributed by atoms with Crippen molar-refractivity contribution < 1.29 is 18.7 Å². The largest absolute Gasteiger partial charge is 0.489 e. The second-order valence-corrected chi connectivity index (χ2v) is 9.31. The molecule has 35 heavy (non-hydrogen) atoms. The van der Waals surface area contributed by atoms with Crippen LogP contribution in [0.4, 0.5) is 14.9 Å². The van der Waals surface area contributed by atoms with Gasteiger partial charge in [0.1, 0.15) is 18.4 Å². The van der Waals surface area contributed by atoms with Crippen molar-refractivity contribution in [3.63, 3.8) is 0 Å². The van der Waals surface area contributed by atoms with Crippen molar-refractivity contribution in [3.8, 4) is 17.6 Å². The van der Waals surface area contributed by atoms with E-state index >= 15 is 0 Å². The number of likely N-dealkylation sites (N-methyl/N-ethyl adjacent to an activating group) is 1. The molecule has 1 aliphatic rings. The first-order valence-electron chi connectivity index (χ1n) is 11.1. The van der Waals surface area contributed by atoms with Crippen LogP contribution in [0, 0.1) is 23.2 Å². The van der Waals surface area contributed by atoms with Gasteiger partial charge in [0, 0.05) is 36.3 Å². The monoisotopic (exact) mass is 475 g/mol. The van der Waals surface area contributed by atoms with Gasteiger partial charge in [-0.15, -0.1) is 0 Å². The second kappa shape index (κ2) is 9.58. The lowest BCUT2D eigenvalue weighted by Crippen LogP contribution is -2.50. The highest BCUT2D eigenvalue weighted by Gasteiger charge is 2.31. The van der Waals surface area contributed by atoms with Crippen LogP contribution in [0.1, 0.15) is 37.6 Å². The molecule has 1 N–H and O–H groups in total. The van der Waals surface area contributed by atoms with Crippen LogP contribution < -0.4 is 15.0 Å². The van der Waals surface area contributed by atoms with Gasteiger partial charge in [-0.25, -0.2) is 9.78 Å². The molecule has 0 saturated heterocycles. The number of hydrogen-bond acceptors (Lipinski definition) is 5. The van der Waals surface area contributed by atoms with Gasteiger partial charge in [-0.1, -0.05) is 17.9 Å². The Morgan fingerprint density at radius 1 is 1.29 bits per heavy atom. The van der Waals surface area contributed by atoms with Crippen molar-refractivity contribution in [3.05, 3.63) is 71.6 Å². The number of halogens is 1. The van der Waals surface area contributed by atoms with E-state index in [0.29, 0.717) is 29.1 Å². The molecule has 0 fully saturated rings. The fourth-order valence-electron chi connectivity index (χ4n) is 3.47. The van der Waals surface area contributed by atoms with E-state index in [2.05, 4.69) is 27.2 Å². The zero-order valence-corrected chi connectivity index (χ0v) is 20.0. The summed E-state index contributed by atoms with van der Waals surface area (Å²) in [6, 6.07) is 8.45. The van der Waals surface area contributed by atoms with Crippen molar-refractivity contribution in [2.75, 3.05) is 18.6 Å². The van der Waals surface area contributed by atoms with Crippen molar-refractivity contribution in [1.82, 2.24) is 20.1 Å². The summed E-state index contributed by atoms with van der Waals surface area (Å²) >= 11 is 0. The highest BCUT2D eigenvalue weighted by Crippen LogP contribution is 2.31. The summed E-state index contributed by atoms with van der Waals surface area (Å²) in [5, 5.41) is 6.74. The molecule has 0 saturated carbocycles. The van der Waals surface area contributed by atoms with Crippen LogP contribution in [0.3, 0.4) is 0 Å². The fraction of sp³-hybridized carbons (Fsp3) is 0.308. The van der Waals surface area contributed by atoms with E-state index in [1.165, 1.54) is 23.4 Å². The number of rotatable bonds is 3. The third-order valence-electron chi connectivity index (χ3n) is 5.24. The first-order chi connectivity index (χ1) is 16.6. The number of carbonyl (C=O) groups excluding carboxylic acids is 2. The maximum absolute atomic E-state index is 13.3. The molecular formula is C26H26FN5O3. The van der Waals surface area contributed by atoms with E-state index in [1.807, 2.05) is 26.8 Å². The predicted octanol–water partition coefficient (Wildman–Crippen LogP) is 3.39. The van der Waals surface area contributed by atoms with Crippen molar-refractivity contribution in [2.45, 2.75) is 33.2 Å². The summed E-state index contributed by atoms with van der Waals surface area (Å²) in [5.74, 6) is 5.94. The van der Waals surface area contributed by atoms with Crippen LogP contribution in [-0.2, 0) is 11.2 Å². The lowest BCUT2D eigenvalue weighted by Gasteiger charge is -2.20. The third kappa shape index (κ3) is 5.84. The first-order valence-corrected chi connectivity index (χ1v) is 11.1. The van der Waals surface area contributed by atoms with Crippen LogP contribution in [0.25, 0.3) is 0 Å². The zero-order chi connectivity index (χ0) is 25.2. The van der Waals surface area contributed by atoms with Gasteiger partial charge in [0.2, 0.25) is 5.95 Å². The van der Waals surface area contributed by atoms with Crippen LogP contribution in [0.5, 0.6) is 5.75 Å². The number of ether oxygens (including phenoxy) is 1. The van der Waals surface area contributed by atoms with E-state index in [9.17, 15) is 14.0 Å². The lowest BCUT2D eigenvalue weighted by molar-refractivity contribution is -0.120. The van der Waals surface area contributed by atoms with E-state index in [4.69, 9.17) is 4.74 Å². The predicted molar refractivity (Wildman–Crippen MR) is 129 cm³/mol. The van der Waals surface area contributed by atoms with Crippen LogP contribution in [-0.4, -0.2) is 46.4 Å². The molecule has 2 amide bonds. The number of fused-ring (bicyclic) bond motifs is 1. The molecule has 0 spiro atoms. The summed E-state index contributed by atoms with van der Waals surface area (Å²) in [5.41, 5.74) is 2.39. The molecular weight excluding hydrogens is 449 g/mol. The number of aromatic nitrogens is 3. The van der Waals surface area contributed by atoms with Gasteiger partial charge < -0.3 is 15.0 Å². The summed E-state index contributed by atoms with van der Waals surface area (Å²) in [7, 11) is 1.63. The Labute approximate surface area is 203 Å². The molecule has 3 aromatic rings. The Balaban J connectivity index is 1.45. The second-order valence-electron chi connectivity index (χ2n) is 9.31. The molecule has 4 rings (SSSR count). The molecule has 0 bridgehead atoms. The summed E-state index contributed by atoms with van der Waals surface area (Å²) < 4.78 is 20.3. The quantitative estimate of drug-likeness (QED) is 0.463. The van der Waals surface area contributed by atoms with Gasteiger partial charge in [-0.05, 0) is 56.7 Å². The fourth-order valence-corrected chi connectivity index (χ4v) is 3.47. The van der Waals surface area contributed by atoms with E-state index in [1.54, 1.807) is 31.3 Å². The maximum atomic E-state index is 13.3. The molecule has 3 heterocycles. The average Bonchev–Trinajstić information content (AvgIpc) is 3.23. The van der Waals surface area contributed by atoms with Crippen molar-refractivity contribution >= 4 is 17.6 Å². The highest BCUT2D eigenvalue weighted by molar-refractivity contribution is 6.00. The summed E-state index contributed by atoms with van der Waals surface area (Å²) in [4.78, 5) is 31.1. The van der Waals surface area contributed by atoms with Gasteiger partial charge >= 0.3 is 6.03 Å².